The van der Waals surface area contributed by atoms with Crippen LogP contribution in [-0.2, 0) is 6.54 Å². The molecule has 1 nitrogen and oxygen atoms in total. The lowest BCUT2D eigenvalue weighted by Gasteiger charge is -1.98. The van der Waals surface area contributed by atoms with Crippen LogP contribution in [0, 0.1) is 11.8 Å². The average Bonchev–Trinajstić information content (AvgIpc) is 2.85. The summed E-state index contributed by atoms with van der Waals surface area (Å²) in [6.07, 6.45) is 2.08. The lowest BCUT2D eigenvalue weighted by molar-refractivity contribution is 0.886. The SMILES string of the molecule is Brc1ccc(C#CCn2ccc3ccccc32)cc1. The molecule has 0 saturated heterocycles. The highest BCUT2D eigenvalue weighted by Crippen LogP contribution is 2.14. The highest BCUT2D eigenvalue weighted by atomic mass is 79.9. The number of hydrogen-bond acceptors (Lipinski definition) is 0. The van der Waals surface area contributed by atoms with Gasteiger partial charge in [0.15, 0.2) is 0 Å². The molecule has 2 heteroatoms. The van der Waals surface area contributed by atoms with Crippen LogP contribution < -0.4 is 0 Å². The molecule has 0 bridgehead atoms. The molecular weight excluding hydrogens is 298 g/mol. The van der Waals surface area contributed by atoms with Gasteiger partial charge in [0.2, 0.25) is 0 Å². The van der Waals surface area contributed by atoms with Gasteiger partial charge in [0.25, 0.3) is 0 Å². The van der Waals surface area contributed by atoms with Crippen LogP contribution in [0.15, 0.2) is 65.3 Å². The van der Waals surface area contributed by atoms with Crippen molar-refractivity contribution < 1.29 is 0 Å². The van der Waals surface area contributed by atoms with Gasteiger partial charge in [0.05, 0.1) is 6.54 Å². The first kappa shape index (κ1) is 12.1. The van der Waals surface area contributed by atoms with E-state index in [9.17, 15) is 0 Å². The standard InChI is InChI=1S/C17H12BrN/c18-16-9-7-14(8-10-16)4-3-12-19-13-11-15-5-1-2-6-17(15)19/h1-2,5-11,13H,12H2. The molecule has 0 amide bonds. The van der Waals surface area contributed by atoms with Gasteiger partial charge in [0.1, 0.15) is 0 Å². The second-order valence-electron chi connectivity index (χ2n) is 4.31. The van der Waals surface area contributed by atoms with E-state index in [0.717, 1.165) is 10.0 Å². The first-order chi connectivity index (χ1) is 9.33. The van der Waals surface area contributed by atoms with Crippen molar-refractivity contribution in [1.29, 1.82) is 0 Å². The molecular formula is C17H12BrN. The van der Waals surface area contributed by atoms with E-state index >= 15 is 0 Å². The number of aromatic nitrogens is 1. The molecule has 92 valence electrons. The maximum absolute atomic E-state index is 3.42. The number of fused-ring (bicyclic) bond motifs is 1. The lowest BCUT2D eigenvalue weighted by atomic mass is 10.2. The lowest BCUT2D eigenvalue weighted by Crippen LogP contribution is -1.92. The second kappa shape index (κ2) is 5.34. The third kappa shape index (κ3) is 2.72. The van der Waals surface area contributed by atoms with Crippen molar-refractivity contribution in [2.75, 3.05) is 0 Å². The molecule has 0 fully saturated rings. The Morgan fingerprint density at radius 1 is 0.947 bits per heavy atom. The molecule has 2 aromatic carbocycles. The molecule has 0 unspecified atom stereocenters. The molecule has 0 N–H and O–H groups in total. The van der Waals surface area contributed by atoms with Gasteiger partial charge >= 0.3 is 0 Å². The Labute approximate surface area is 121 Å². The fourth-order valence-corrected chi connectivity index (χ4v) is 2.30. The van der Waals surface area contributed by atoms with E-state index in [2.05, 4.69) is 68.9 Å². The zero-order chi connectivity index (χ0) is 13.1. The molecule has 19 heavy (non-hydrogen) atoms. The van der Waals surface area contributed by atoms with Crippen molar-refractivity contribution in [3.8, 4) is 11.8 Å². The van der Waals surface area contributed by atoms with Crippen molar-refractivity contribution in [2.45, 2.75) is 6.54 Å². The van der Waals surface area contributed by atoms with Crippen LogP contribution in [0.3, 0.4) is 0 Å². The van der Waals surface area contributed by atoms with Crippen molar-refractivity contribution in [1.82, 2.24) is 4.57 Å². The summed E-state index contributed by atoms with van der Waals surface area (Å²) in [6.45, 7) is 0.712. The van der Waals surface area contributed by atoms with Crippen LogP contribution in [0.1, 0.15) is 5.56 Å². The second-order valence-corrected chi connectivity index (χ2v) is 5.23. The smallest absolute Gasteiger partial charge is 0.0841 e. The third-order valence-corrected chi connectivity index (χ3v) is 3.54. The molecule has 1 heterocycles. The Morgan fingerprint density at radius 2 is 1.74 bits per heavy atom. The van der Waals surface area contributed by atoms with Crippen LogP contribution in [0.2, 0.25) is 0 Å². The van der Waals surface area contributed by atoms with E-state index in [4.69, 9.17) is 0 Å². The van der Waals surface area contributed by atoms with Gasteiger partial charge in [-0.25, -0.2) is 0 Å². The summed E-state index contributed by atoms with van der Waals surface area (Å²) in [6, 6.07) is 18.5. The minimum Gasteiger partial charge on any atom is -0.336 e. The number of hydrogen-bond donors (Lipinski definition) is 0. The zero-order valence-corrected chi connectivity index (χ0v) is 11.9. The van der Waals surface area contributed by atoms with Gasteiger partial charge in [-0.2, -0.15) is 0 Å². The van der Waals surface area contributed by atoms with Gasteiger partial charge in [-0.15, -0.1) is 0 Å². The van der Waals surface area contributed by atoms with E-state index in [-0.39, 0.29) is 0 Å². The largest absolute Gasteiger partial charge is 0.336 e. The first-order valence-corrected chi connectivity index (χ1v) is 6.90. The number of halogens is 1. The highest BCUT2D eigenvalue weighted by molar-refractivity contribution is 9.10. The van der Waals surface area contributed by atoms with Gasteiger partial charge < -0.3 is 4.57 Å². The molecule has 3 aromatic rings. The molecule has 0 aliphatic rings. The Bertz CT molecular complexity index is 757. The van der Waals surface area contributed by atoms with E-state index in [1.54, 1.807) is 0 Å². The Balaban J connectivity index is 1.81. The van der Waals surface area contributed by atoms with E-state index < -0.39 is 0 Å². The number of rotatable bonds is 1. The van der Waals surface area contributed by atoms with Crippen molar-refractivity contribution in [2.24, 2.45) is 0 Å². The number of benzene rings is 2. The van der Waals surface area contributed by atoms with Crippen molar-refractivity contribution in [3.05, 3.63) is 70.8 Å². The summed E-state index contributed by atoms with van der Waals surface area (Å²) in [5, 5.41) is 1.26. The Hall–Kier alpha value is -1.98. The summed E-state index contributed by atoms with van der Waals surface area (Å²) >= 11 is 3.42. The Kier molecular flexibility index (Phi) is 3.39. The summed E-state index contributed by atoms with van der Waals surface area (Å²) < 4.78 is 3.25. The minimum absolute atomic E-state index is 0.712. The summed E-state index contributed by atoms with van der Waals surface area (Å²) in [7, 11) is 0. The van der Waals surface area contributed by atoms with E-state index in [0.29, 0.717) is 6.54 Å². The predicted molar refractivity (Wildman–Crippen MR) is 83.0 cm³/mol. The van der Waals surface area contributed by atoms with Crippen LogP contribution in [-0.4, -0.2) is 4.57 Å². The summed E-state index contributed by atoms with van der Waals surface area (Å²) in [4.78, 5) is 0. The summed E-state index contributed by atoms with van der Waals surface area (Å²) in [5.41, 5.74) is 2.27. The maximum atomic E-state index is 3.42. The normalized spacial score (nSPS) is 10.2. The van der Waals surface area contributed by atoms with E-state index in [1.807, 2.05) is 24.3 Å². The molecule has 3 rings (SSSR count). The molecule has 1 aromatic heterocycles. The number of nitrogens with zero attached hydrogens (tertiary/aromatic N) is 1. The monoisotopic (exact) mass is 309 g/mol. The van der Waals surface area contributed by atoms with Crippen LogP contribution in [0.5, 0.6) is 0 Å². The quantitative estimate of drug-likeness (QED) is 0.585. The molecule has 0 saturated carbocycles. The number of para-hydroxylation sites is 1. The van der Waals surface area contributed by atoms with Crippen molar-refractivity contribution >= 4 is 26.8 Å². The zero-order valence-electron chi connectivity index (χ0n) is 10.3. The topological polar surface area (TPSA) is 4.93 Å². The van der Waals surface area contributed by atoms with Gasteiger partial charge in [0, 0.05) is 21.7 Å². The van der Waals surface area contributed by atoms with Crippen LogP contribution in [0.25, 0.3) is 10.9 Å². The fraction of sp³-hybridized carbons (Fsp3) is 0.0588. The highest BCUT2D eigenvalue weighted by Gasteiger charge is 1.96. The van der Waals surface area contributed by atoms with E-state index in [1.165, 1.54) is 10.9 Å². The molecule has 0 radical (unpaired) electrons. The van der Waals surface area contributed by atoms with Crippen LogP contribution in [0.4, 0.5) is 0 Å². The van der Waals surface area contributed by atoms with Crippen molar-refractivity contribution in [3.63, 3.8) is 0 Å². The first-order valence-electron chi connectivity index (χ1n) is 6.11. The third-order valence-electron chi connectivity index (χ3n) is 3.01. The van der Waals surface area contributed by atoms with Crippen LogP contribution >= 0.6 is 15.9 Å². The molecule has 0 aliphatic heterocycles. The molecule has 0 atom stereocenters. The maximum Gasteiger partial charge on any atom is 0.0841 e. The van der Waals surface area contributed by atoms with Gasteiger partial charge in [-0.3, -0.25) is 0 Å². The minimum atomic E-state index is 0.712. The molecule has 0 aliphatic carbocycles. The fourth-order valence-electron chi connectivity index (χ4n) is 2.04. The average molecular weight is 310 g/mol. The summed E-state index contributed by atoms with van der Waals surface area (Å²) in [5.74, 6) is 6.40. The van der Waals surface area contributed by atoms with Gasteiger partial charge in [-0.1, -0.05) is 46.0 Å². The molecule has 0 spiro atoms. The Morgan fingerprint density at radius 3 is 2.58 bits per heavy atom. The van der Waals surface area contributed by atoms with Gasteiger partial charge in [-0.05, 0) is 41.8 Å². The predicted octanol–water partition coefficient (Wildman–Crippen LogP) is 4.46.